The van der Waals surface area contributed by atoms with Gasteiger partial charge in [0.05, 0.1) is 0 Å². The molecule has 0 heterocycles. The van der Waals surface area contributed by atoms with Crippen molar-refractivity contribution in [2.75, 3.05) is 0 Å². The number of rotatable bonds is 9. The number of hydrogen-bond donors (Lipinski definition) is 0. The Labute approximate surface area is 343 Å². The van der Waals surface area contributed by atoms with Crippen molar-refractivity contribution >= 4 is 0 Å². The minimum absolute atomic E-state index is 0.162. The molecule has 0 radical (unpaired) electrons. The lowest BCUT2D eigenvalue weighted by Crippen LogP contribution is -2.10. The van der Waals surface area contributed by atoms with Crippen LogP contribution in [0.25, 0.3) is 33.4 Å². The molecule has 0 amide bonds. The minimum atomic E-state index is 0.162. The van der Waals surface area contributed by atoms with E-state index < -0.39 is 0 Å². The second kappa shape index (κ2) is 16.2. The van der Waals surface area contributed by atoms with Gasteiger partial charge in [0, 0.05) is 0 Å². The molecule has 7 aromatic carbocycles. The summed E-state index contributed by atoms with van der Waals surface area (Å²) in [5, 5.41) is 0. The van der Waals surface area contributed by atoms with E-state index in [2.05, 4.69) is 226 Å². The highest BCUT2D eigenvalue weighted by atomic mass is 14.2. The molecule has 0 spiro atoms. The Bertz CT molecular complexity index is 2090. The van der Waals surface area contributed by atoms with Crippen LogP contribution in [-0.4, -0.2) is 0 Å². The zero-order valence-corrected chi connectivity index (χ0v) is 35.7. The Morgan fingerprint density at radius 1 is 0.228 bits per heavy atom. The lowest BCUT2D eigenvalue weighted by Gasteiger charge is -2.19. The first-order valence-corrected chi connectivity index (χ1v) is 20.8. The molecule has 0 heteroatoms. The van der Waals surface area contributed by atoms with Gasteiger partial charge in [0.25, 0.3) is 0 Å². The molecule has 0 saturated carbocycles. The SMILES string of the molecule is CC(C)(C)c1ccc(Cc2ccc(-c3cc(-c4ccc(Cc5ccc(C(C)(C)C)cc5)cc4)cc(-c4ccc(Cc5ccc(C(C)(C)C)cc5)cc4)c3)cc2)cc1. The standard InChI is InChI=1S/C57H60/c1-55(2,3)52-28-16-43(17-29-52)34-40-10-22-46(23-11-40)49-37-50(47-24-12-41(13-25-47)35-44-18-30-53(31-19-44)56(4,5)6)39-51(38-49)48-26-14-42(15-27-48)36-45-20-32-54(33-21-45)57(7,8)9/h10-33,37-39H,34-36H2,1-9H3. The molecule has 288 valence electrons. The Balaban J connectivity index is 1.16. The predicted molar refractivity (Wildman–Crippen MR) is 247 cm³/mol. The van der Waals surface area contributed by atoms with Crippen molar-refractivity contribution in [3.05, 3.63) is 214 Å². The van der Waals surface area contributed by atoms with Gasteiger partial charge in [-0.25, -0.2) is 0 Å². The lowest BCUT2D eigenvalue weighted by atomic mass is 9.86. The van der Waals surface area contributed by atoms with E-state index in [9.17, 15) is 0 Å². The van der Waals surface area contributed by atoms with Gasteiger partial charge in [0.2, 0.25) is 0 Å². The zero-order chi connectivity index (χ0) is 40.4. The van der Waals surface area contributed by atoms with Crippen LogP contribution in [-0.2, 0) is 35.5 Å². The van der Waals surface area contributed by atoms with Crippen LogP contribution in [0.3, 0.4) is 0 Å². The molecule has 0 nitrogen and oxygen atoms in total. The van der Waals surface area contributed by atoms with Gasteiger partial charge in [0.15, 0.2) is 0 Å². The van der Waals surface area contributed by atoms with Crippen molar-refractivity contribution < 1.29 is 0 Å². The summed E-state index contributed by atoms with van der Waals surface area (Å²) < 4.78 is 0. The summed E-state index contributed by atoms with van der Waals surface area (Å²) in [4.78, 5) is 0. The van der Waals surface area contributed by atoms with E-state index >= 15 is 0 Å². The Morgan fingerprint density at radius 2 is 0.404 bits per heavy atom. The molecule has 0 aliphatic heterocycles. The summed E-state index contributed by atoms with van der Waals surface area (Å²) in [6.45, 7) is 20.4. The van der Waals surface area contributed by atoms with Gasteiger partial charge in [0.1, 0.15) is 0 Å². The Hall–Kier alpha value is -5.46. The second-order valence-electron chi connectivity index (χ2n) is 19.3. The van der Waals surface area contributed by atoms with E-state index in [0.717, 1.165) is 19.3 Å². The van der Waals surface area contributed by atoms with Gasteiger partial charge in [-0.05, 0) is 137 Å². The van der Waals surface area contributed by atoms with Crippen molar-refractivity contribution in [1.82, 2.24) is 0 Å². The molecule has 0 aromatic heterocycles. The summed E-state index contributed by atoms with van der Waals surface area (Å²) in [6, 6.07) is 62.0. The van der Waals surface area contributed by atoms with E-state index in [0.29, 0.717) is 0 Å². The first kappa shape index (κ1) is 39.8. The van der Waals surface area contributed by atoms with E-state index in [1.54, 1.807) is 0 Å². The molecule has 0 atom stereocenters. The smallest absolute Gasteiger partial charge is 0.00258 e. The van der Waals surface area contributed by atoms with Crippen LogP contribution in [0, 0.1) is 0 Å². The molecule has 0 fully saturated rings. The maximum Gasteiger partial charge on any atom is -0.00258 e. The predicted octanol–water partition coefficient (Wildman–Crippen LogP) is 15.4. The van der Waals surface area contributed by atoms with E-state index in [1.165, 1.54) is 83.5 Å². The van der Waals surface area contributed by atoms with Gasteiger partial charge in [-0.15, -0.1) is 0 Å². The third-order valence-electron chi connectivity index (χ3n) is 11.5. The molecular weight excluding hydrogens is 685 g/mol. The fourth-order valence-electron chi connectivity index (χ4n) is 7.65. The number of hydrogen-bond acceptors (Lipinski definition) is 0. The summed E-state index contributed by atoms with van der Waals surface area (Å²) in [7, 11) is 0. The Kier molecular flexibility index (Phi) is 11.3. The third kappa shape index (κ3) is 10.1. The molecule has 0 aliphatic rings. The molecule has 0 N–H and O–H groups in total. The first-order chi connectivity index (χ1) is 27.1. The largest absolute Gasteiger partial charge is 0.0584 e. The lowest BCUT2D eigenvalue weighted by molar-refractivity contribution is 0.590. The topological polar surface area (TPSA) is 0 Å². The van der Waals surface area contributed by atoms with Crippen molar-refractivity contribution in [3.63, 3.8) is 0 Å². The molecular formula is C57H60. The fraction of sp³-hybridized carbons (Fsp3) is 0.263. The number of benzene rings is 7. The van der Waals surface area contributed by atoms with E-state index in [1.807, 2.05) is 0 Å². The normalized spacial score (nSPS) is 12.2. The minimum Gasteiger partial charge on any atom is -0.0584 e. The van der Waals surface area contributed by atoms with Crippen LogP contribution in [0.2, 0.25) is 0 Å². The third-order valence-corrected chi connectivity index (χ3v) is 11.5. The van der Waals surface area contributed by atoms with Crippen molar-refractivity contribution in [3.8, 4) is 33.4 Å². The van der Waals surface area contributed by atoms with Gasteiger partial charge >= 0.3 is 0 Å². The summed E-state index contributed by atoms with van der Waals surface area (Å²) in [5.41, 5.74) is 20.0. The highest BCUT2D eigenvalue weighted by Crippen LogP contribution is 2.34. The zero-order valence-electron chi connectivity index (χ0n) is 35.7. The van der Waals surface area contributed by atoms with Crippen molar-refractivity contribution in [2.45, 2.75) is 97.8 Å². The highest BCUT2D eigenvalue weighted by Gasteiger charge is 2.16. The summed E-state index contributed by atoms with van der Waals surface area (Å²) >= 11 is 0. The molecule has 0 aliphatic carbocycles. The Morgan fingerprint density at radius 3 is 0.579 bits per heavy atom. The molecule has 7 rings (SSSR count). The van der Waals surface area contributed by atoms with E-state index in [4.69, 9.17) is 0 Å². The van der Waals surface area contributed by atoms with Gasteiger partial charge in [-0.3, -0.25) is 0 Å². The van der Waals surface area contributed by atoms with Crippen LogP contribution in [0.15, 0.2) is 164 Å². The summed E-state index contributed by atoms with van der Waals surface area (Å²) in [6.07, 6.45) is 2.78. The quantitative estimate of drug-likeness (QED) is 0.138. The van der Waals surface area contributed by atoms with Crippen LogP contribution >= 0.6 is 0 Å². The van der Waals surface area contributed by atoms with Gasteiger partial charge in [-0.1, -0.05) is 208 Å². The average molecular weight is 745 g/mol. The van der Waals surface area contributed by atoms with Crippen LogP contribution in [0.1, 0.15) is 112 Å². The molecule has 0 unspecified atom stereocenters. The van der Waals surface area contributed by atoms with Gasteiger partial charge < -0.3 is 0 Å². The summed E-state index contributed by atoms with van der Waals surface area (Å²) in [5.74, 6) is 0. The monoisotopic (exact) mass is 744 g/mol. The first-order valence-electron chi connectivity index (χ1n) is 20.8. The van der Waals surface area contributed by atoms with Crippen molar-refractivity contribution in [1.29, 1.82) is 0 Å². The maximum atomic E-state index is 2.36. The van der Waals surface area contributed by atoms with Crippen LogP contribution in [0.4, 0.5) is 0 Å². The van der Waals surface area contributed by atoms with Gasteiger partial charge in [-0.2, -0.15) is 0 Å². The molecule has 7 aromatic rings. The maximum absolute atomic E-state index is 2.36. The van der Waals surface area contributed by atoms with Crippen LogP contribution in [0.5, 0.6) is 0 Å². The van der Waals surface area contributed by atoms with E-state index in [-0.39, 0.29) is 16.2 Å². The molecule has 57 heavy (non-hydrogen) atoms. The molecule has 0 saturated heterocycles. The molecule has 0 bridgehead atoms. The second-order valence-corrected chi connectivity index (χ2v) is 19.3. The van der Waals surface area contributed by atoms with Crippen LogP contribution < -0.4 is 0 Å². The van der Waals surface area contributed by atoms with Crippen molar-refractivity contribution in [2.24, 2.45) is 0 Å². The average Bonchev–Trinajstić information content (AvgIpc) is 3.18. The fourth-order valence-corrected chi connectivity index (χ4v) is 7.65. The highest BCUT2D eigenvalue weighted by molar-refractivity contribution is 5.81.